The summed E-state index contributed by atoms with van der Waals surface area (Å²) < 4.78 is 0. The van der Waals surface area contributed by atoms with Crippen LogP contribution in [0.15, 0.2) is 6.07 Å². The zero-order chi connectivity index (χ0) is 15.7. The van der Waals surface area contributed by atoms with Gasteiger partial charge in [-0.05, 0) is 11.6 Å². The molecule has 0 spiro atoms. The number of thiazole rings is 1. The fourth-order valence-electron chi connectivity index (χ4n) is 2.14. The molecule has 7 nitrogen and oxygen atoms in total. The first-order chi connectivity index (χ1) is 10.5. The number of urea groups is 1. The zero-order valence-electron chi connectivity index (χ0n) is 11.6. The third kappa shape index (κ3) is 3.23. The van der Waals surface area contributed by atoms with Crippen LogP contribution >= 0.6 is 34.5 Å². The molecule has 0 bridgehead atoms. The van der Waals surface area contributed by atoms with Gasteiger partial charge in [0.05, 0.1) is 12.2 Å². The van der Waals surface area contributed by atoms with Gasteiger partial charge in [0.2, 0.25) is 5.28 Å². The number of carbonyl (C=O) groups is 1. The summed E-state index contributed by atoms with van der Waals surface area (Å²) in [7, 11) is 1.56. The summed E-state index contributed by atoms with van der Waals surface area (Å²) in [6, 6.07) is 1.40. The lowest BCUT2D eigenvalue weighted by molar-refractivity contribution is 0.254. The summed E-state index contributed by atoms with van der Waals surface area (Å²) in [6.07, 6.45) is 0.764. The highest BCUT2D eigenvalue weighted by atomic mass is 35.5. The van der Waals surface area contributed by atoms with E-state index < -0.39 is 0 Å². The first kappa shape index (κ1) is 15.3. The van der Waals surface area contributed by atoms with Gasteiger partial charge < -0.3 is 10.2 Å². The van der Waals surface area contributed by atoms with E-state index in [4.69, 9.17) is 23.2 Å². The lowest BCUT2D eigenvalue weighted by atomic mass is 10.2. The minimum absolute atomic E-state index is 0.125. The van der Waals surface area contributed by atoms with Crippen LogP contribution in [0.1, 0.15) is 10.6 Å². The van der Waals surface area contributed by atoms with Gasteiger partial charge in [-0.2, -0.15) is 0 Å². The Labute approximate surface area is 140 Å². The van der Waals surface area contributed by atoms with Gasteiger partial charge in [0.25, 0.3) is 0 Å². The van der Waals surface area contributed by atoms with Crippen molar-refractivity contribution >= 4 is 51.5 Å². The van der Waals surface area contributed by atoms with Gasteiger partial charge in [0.1, 0.15) is 11.0 Å². The van der Waals surface area contributed by atoms with Crippen molar-refractivity contribution in [1.82, 2.24) is 20.3 Å². The van der Waals surface area contributed by atoms with Crippen molar-refractivity contribution in [2.45, 2.75) is 13.0 Å². The minimum Gasteiger partial charge on any atom is -0.351 e. The molecule has 0 saturated carbocycles. The monoisotopic (exact) mass is 358 g/mol. The number of fused-ring (bicyclic) bond motifs is 1. The Hall–Kier alpha value is -1.64. The maximum Gasteiger partial charge on any atom is 0.320 e. The summed E-state index contributed by atoms with van der Waals surface area (Å²) in [5.74, 6) is 0.685. The second-order valence-corrected chi connectivity index (χ2v) is 6.39. The second kappa shape index (κ2) is 6.23. The Balaban J connectivity index is 1.80. The van der Waals surface area contributed by atoms with Gasteiger partial charge in [-0.25, -0.2) is 19.7 Å². The number of nitrogens with zero attached hydrogens (tertiary/aromatic N) is 4. The topological polar surface area (TPSA) is 83.0 Å². The molecule has 2 amide bonds. The number of halogens is 2. The second-order valence-electron chi connectivity index (χ2n) is 4.58. The molecule has 3 rings (SSSR count). The van der Waals surface area contributed by atoms with Crippen molar-refractivity contribution in [2.24, 2.45) is 0 Å². The minimum atomic E-state index is -0.280. The number of nitrogens with one attached hydrogen (secondary N) is 2. The lowest BCUT2D eigenvalue weighted by Crippen LogP contribution is -2.30. The number of hydrogen-bond donors (Lipinski definition) is 2. The van der Waals surface area contributed by atoms with E-state index in [1.54, 1.807) is 13.1 Å². The molecule has 1 aliphatic heterocycles. The average Bonchev–Trinajstić information content (AvgIpc) is 2.87. The predicted molar refractivity (Wildman–Crippen MR) is 87.0 cm³/mol. The third-order valence-corrected chi connectivity index (χ3v) is 4.52. The molecule has 0 radical (unpaired) electrons. The van der Waals surface area contributed by atoms with E-state index in [0.717, 1.165) is 23.5 Å². The maximum absolute atomic E-state index is 11.3. The van der Waals surface area contributed by atoms with Crippen LogP contribution in [0, 0.1) is 0 Å². The first-order valence-electron chi connectivity index (χ1n) is 6.47. The van der Waals surface area contributed by atoms with Crippen LogP contribution in [0.4, 0.5) is 15.7 Å². The molecule has 0 aromatic carbocycles. The lowest BCUT2D eigenvalue weighted by Gasteiger charge is -2.27. The number of rotatable bonds is 2. The molecule has 2 N–H and O–H groups in total. The van der Waals surface area contributed by atoms with Crippen molar-refractivity contribution in [3.63, 3.8) is 0 Å². The Bertz CT molecular complexity index is 701. The molecule has 0 atom stereocenters. The Morgan fingerprint density at radius 3 is 2.91 bits per heavy atom. The van der Waals surface area contributed by atoms with E-state index in [9.17, 15) is 4.79 Å². The molecule has 0 aliphatic carbocycles. The van der Waals surface area contributed by atoms with Crippen molar-refractivity contribution in [3.8, 4) is 0 Å². The fraction of sp³-hybridized carbons (Fsp3) is 0.333. The molecule has 10 heteroatoms. The molecular formula is C12H12Cl2N6OS. The van der Waals surface area contributed by atoms with Crippen LogP contribution in [-0.4, -0.2) is 34.6 Å². The third-order valence-electron chi connectivity index (χ3n) is 3.16. The number of aromatic nitrogens is 3. The fourth-order valence-corrected chi connectivity index (χ4v) is 3.56. The number of hydrogen-bond acceptors (Lipinski definition) is 6. The molecule has 2 aromatic heterocycles. The Morgan fingerprint density at radius 1 is 1.36 bits per heavy atom. The molecule has 1 aliphatic rings. The smallest absolute Gasteiger partial charge is 0.320 e. The molecule has 0 unspecified atom stereocenters. The molecule has 116 valence electrons. The molecule has 0 saturated heterocycles. The van der Waals surface area contributed by atoms with Gasteiger partial charge in [-0.1, -0.05) is 22.9 Å². The van der Waals surface area contributed by atoms with Crippen LogP contribution in [0.2, 0.25) is 10.4 Å². The van der Waals surface area contributed by atoms with Gasteiger partial charge >= 0.3 is 6.03 Å². The highest BCUT2D eigenvalue weighted by Gasteiger charge is 2.22. The van der Waals surface area contributed by atoms with Crippen molar-refractivity contribution < 1.29 is 4.79 Å². The number of anilines is 2. The molecular weight excluding hydrogens is 347 g/mol. The zero-order valence-corrected chi connectivity index (χ0v) is 13.9. The molecule has 0 fully saturated rings. The van der Waals surface area contributed by atoms with E-state index in [0.29, 0.717) is 22.6 Å². The highest BCUT2D eigenvalue weighted by molar-refractivity contribution is 7.15. The Morgan fingerprint density at radius 2 is 2.18 bits per heavy atom. The first-order valence-corrected chi connectivity index (χ1v) is 8.04. The van der Waals surface area contributed by atoms with Crippen molar-refractivity contribution in [2.75, 3.05) is 23.8 Å². The number of amides is 2. The Kier molecular flexibility index (Phi) is 4.32. The van der Waals surface area contributed by atoms with Crippen LogP contribution in [0.25, 0.3) is 0 Å². The standard InChI is InChI=1S/C12H12Cl2N6OS/c1-15-11(21)19-12-16-6-2-3-20(5-7(6)22-12)9-4-8(13)17-10(14)18-9/h4H,2-3,5H2,1H3,(H2,15,16,19,21). The van der Waals surface area contributed by atoms with E-state index in [1.165, 1.54) is 11.3 Å². The van der Waals surface area contributed by atoms with Gasteiger partial charge in [0.15, 0.2) is 5.13 Å². The van der Waals surface area contributed by atoms with Gasteiger partial charge in [-0.3, -0.25) is 5.32 Å². The van der Waals surface area contributed by atoms with Crippen LogP contribution in [0.5, 0.6) is 0 Å². The predicted octanol–water partition coefficient (Wildman–Crippen LogP) is 2.55. The highest BCUT2D eigenvalue weighted by Crippen LogP contribution is 2.31. The van der Waals surface area contributed by atoms with Gasteiger partial charge in [0, 0.05) is 31.0 Å². The van der Waals surface area contributed by atoms with E-state index >= 15 is 0 Å². The summed E-state index contributed by atoms with van der Waals surface area (Å²) in [6.45, 7) is 1.39. The van der Waals surface area contributed by atoms with Crippen molar-refractivity contribution in [1.29, 1.82) is 0 Å². The molecule has 2 aromatic rings. The average molecular weight is 359 g/mol. The normalized spacial score (nSPS) is 13.7. The van der Waals surface area contributed by atoms with Gasteiger partial charge in [-0.15, -0.1) is 0 Å². The summed E-state index contributed by atoms with van der Waals surface area (Å²) in [5, 5.41) is 6.22. The van der Waals surface area contributed by atoms with E-state index in [-0.39, 0.29) is 11.3 Å². The van der Waals surface area contributed by atoms with E-state index in [1.807, 2.05) is 0 Å². The largest absolute Gasteiger partial charge is 0.351 e. The van der Waals surface area contributed by atoms with Crippen LogP contribution in [-0.2, 0) is 13.0 Å². The number of carbonyl (C=O) groups excluding carboxylic acids is 1. The molecule has 3 heterocycles. The summed E-state index contributed by atoms with van der Waals surface area (Å²) >= 11 is 13.2. The SMILES string of the molecule is CNC(=O)Nc1nc2c(s1)CN(c1cc(Cl)nc(Cl)n1)CC2. The maximum atomic E-state index is 11.3. The quantitative estimate of drug-likeness (QED) is 0.636. The summed E-state index contributed by atoms with van der Waals surface area (Å²) in [4.78, 5) is 27.0. The van der Waals surface area contributed by atoms with Crippen LogP contribution < -0.4 is 15.5 Å². The van der Waals surface area contributed by atoms with Crippen molar-refractivity contribution in [3.05, 3.63) is 27.1 Å². The summed E-state index contributed by atoms with van der Waals surface area (Å²) in [5.41, 5.74) is 0.999. The van der Waals surface area contributed by atoms with Crippen LogP contribution in [0.3, 0.4) is 0 Å². The van der Waals surface area contributed by atoms with E-state index in [2.05, 4.69) is 30.5 Å². The molecule has 22 heavy (non-hydrogen) atoms.